The number of Topliss-reactive ketones (excluding diaryl/α,β-unsaturated/α-hetero) is 1. The molecule has 0 radical (unpaired) electrons. The molecule has 0 amide bonds. The molecular formula is C11H18O5S. The van der Waals surface area contributed by atoms with Crippen LogP contribution in [0.25, 0.3) is 0 Å². The summed E-state index contributed by atoms with van der Waals surface area (Å²) in [5, 5.41) is 0. The number of carbonyl (C=O) groups excluding carboxylic acids is 1. The Balaban J connectivity index is 3.12. The molecule has 5 nitrogen and oxygen atoms in total. The molecule has 17 heavy (non-hydrogen) atoms. The molecule has 1 N–H and O–H groups in total. The fourth-order valence-electron chi connectivity index (χ4n) is 2.32. The molecule has 1 saturated carbocycles. The van der Waals surface area contributed by atoms with Gasteiger partial charge in [-0.25, -0.2) is 0 Å². The molecule has 0 aliphatic heterocycles. The summed E-state index contributed by atoms with van der Waals surface area (Å²) in [4.78, 5) is 10.0. The number of hydrogen-bond acceptors (Lipinski definition) is 4. The van der Waals surface area contributed by atoms with Gasteiger partial charge in [-0.3, -0.25) is 9.35 Å². The van der Waals surface area contributed by atoms with E-state index in [1.165, 1.54) is 6.92 Å². The molecule has 1 aliphatic rings. The molecule has 0 aromatic carbocycles. The highest BCUT2D eigenvalue weighted by Gasteiger charge is 2.53. The predicted octanol–water partition coefficient (Wildman–Crippen LogP) is 1.90. The van der Waals surface area contributed by atoms with Crippen LogP contribution in [-0.4, -0.2) is 23.7 Å². The van der Waals surface area contributed by atoms with Crippen molar-refractivity contribution >= 4 is 15.9 Å². The van der Waals surface area contributed by atoms with Gasteiger partial charge in [0.05, 0.1) is 6.26 Å². The quantitative estimate of drug-likeness (QED) is 0.584. The molecule has 0 heterocycles. The van der Waals surface area contributed by atoms with E-state index in [0.29, 0.717) is 12.8 Å². The lowest BCUT2D eigenvalue weighted by Crippen LogP contribution is -2.49. The Bertz CT molecular complexity index is 394. The van der Waals surface area contributed by atoms with Crippen LogP contribution >= 0.6 is 0 Å². The number of ether oxygens (including phenoxy) is 1. The Hall–Kier alpha value is -0.880. The van der Waals surface area contributed by atoms with Gasteiger partial charge in [0, 0.05) is 12.3 Å². The third-order valence-corrected chi connectivity index (χ3v) is 4.68. The highest BCUT2D eigenvalue weighted by atomic mass is 32.2. The molecule has 1 atom stereocenters. The summed E-state index contributed by atoms with van der Waals surface area (Å²) in [5.74, 6) is -0.906. The van der Waals surface area contributed by atoms with E-state index in [-0.39, 0.29) is 12.3 Å². The molecule has 1 fully saturated rings. The zero-order valence-corrected chi connectivity index (χ0v) is 10.7. The summed E-state index contributed by atoms with van der Waals surface area (Å²) >= 11 is 0. The molecule has 0 aromatic heterocycles. The smallest absolute Gasteiger partial charge is 0.313 e. The highest BCUT2D eigenvalue weighted by molar-refractivity contribution is 7.88. The van der Waals surface area contributed by atoms with Gasteiger partial charge in [-0.1, -0.05) is 26.3 Å². The molecule has 1 rings (SSSR count). The summed E-state index contributed by atoms with van der Waals surface area (Å²) in [7, 11) is -4.62. The first-order valence-corrected chi connectivity index (χ1v) is 7.13. The minimum atomic E-state index is -4.62. The normalized spacial score (nSPS) is 20.8. The Kier molecular flexibility index (Phi) is 4.32. The summed E-state index contributed by atoms with van der Waals surface area (Å²) in [6.07, 6.45) is 3.86. The highest BCUT2D eigenvalue weighted by Crippen LogP contribution is 2.35. The van der Waals surface area contributed by atoms with Crippen molar-refractivity contribution in [1.29, 1.82) is 0 Å². The van der Waals surface area contributed by atoms with E-state index in [2.05, 4.69) is 6.58 Å². The summed E-state index contributed by atoms with van der Waals surface area (Å²) in [6, 6.07) is 0. The maximum atomic E-state index is 12.2. The maximum Gasteiger partial charge on any atom is 0.313 e. The third kappa shape index (κ3) is 2.52. The van der Waals surface area contributed by atoms with Crippen molar-refractivity contribution in [2.75, 3.05) is 0 Å². The maximum absolute atomic E-state index is 12.2. The van der Waals surface area contributed by atoms with Crippen LogP contribution in [0.3, 0.4) is 0 Å². The minimum Gasteiger partial charge on any atom is -0.470 e. The van der Waals surface area contributed by atoms with E-state index in [4.69, 9.17) is 4.74 Å². The van der Waals surface area contributed by atoms with Crippen LogP contribution in [0.5, 0.6) is 0 Å². The zero-order valence-electron chi connectivity index (χ0n) is 9.89. The number of hydrogen-bond donors (Lipinski definition) is 1. The zero-order chi connectivity index (χ0) is 13.1. The molecular weight excluding hydrogens is 244 g/mol. The number of ketones is 1. The third-order valence-electron chi connectivity index (χ3n) is 3.26. The van der Waals surface area contributed by atoms with Gasteiger partial charge in [0.1, 0.15) is 0 Å². The average Bonchev–Trinajstić information content (AvgIpc) is 2.76. The molecule has 1 unspecified atom stereocenters. The second-order valence-corrected chi connectivity index (χ2v) is 5.82. The van der Waals surface area contributed by atoms with Crippen LogP contribution in [0.4, 0.5) is 0 Å². The second-order valence-electron chi connectivity index (χ2n) is 4.21. The summed E-state index contributed by atoms with van der Waals surface area (Å²) in [5.41, 5.74) is 0. The Morgan fingerprint density at radius 3 is 2.41 bits per heavy atom. The average molecular weight is 262 g/mol. The van der Waals surface area contributed by atoms with Crippen molar-refractivity contribution < 1.29 is 22.5 Å². The molecule has 0 spiro atoms. The van der Waals surface area contributed by atoms with Crippen LogP contribution in [-0.2, 0) is 19.6 Å². The van der Waals surface area contributed by atoms with E-state index < -0.39 is 20.8 Å². The standard InChI is InChI=1S/C11H18O5S/c1-3-11(16-4-2,17(13,14)15)10(12)9-7-5-6-8-9/h4,9H,2-3,5-8H2,1H3,(H,13,14,15). The monoisotopic (exact) mass is 262 g/mol. The predicted molar refractivity (Wildman–Crippen MR) is 62.8 cm³/mol. The molecule has 98 valence electrons. The van der Waals surface area contributed by atoms with Gasteiger partial charge in [0.15, 0.2) is 5.78 Å². The van der Waals surface area contributed by atoms with Crippen LogP contribution in [0, 0.1) is 5.92 Å². The van der Waals surface area contributed by atoms with Crippen molar-refractivity contribution in [3.05, 3.63) is 12.8 Å². The van der Waals surface area contributed by atoms with Crippen molar-refractivity contribution in [1.82, 2.24) is 0 Å². The number of carbonyl (C=O) groups is 1. The van der Waals surface area contributed by atoms with Gasteiger partial charge >= 0.3 is 10.1 Å². The summed E-state index contributed by atoms with van der Waals surface area (Å²) < 4.78 is 37.0. The van der Waals surface area contributed by atoms with Crippen LogP contribution in [0.1, 0.15) is 39.0 Å². The molecule has 1 aliphatic carbocycles. The molecule has 0 bridgehead atoms. The Morgan fingerprint density at radius 1 is 1.53 bits per heavy atom. The van der Waals surface area contributed by atoms with Crippen molar-refractivity contribution in [3.8, 4) is 0 Å². The van der Waals surface area contributed by atoms with Crippen molar-refractivity contribution in [2.45, 2.75) is 44.0 Å². The van der Waals surface area contributed by atoms with Crippen LogP contribution in [0.15, 0.2) is 12.8 Å². The first kappa shape index (κ1) is 14.2. The van der Waals surface area contributed by atoms with Gasteiger partial charge < -0.3 is 4.74 Å². The molecule has 0 saturated heterocycles. The Labute approximate surface area is 102 Å². The van der Waals surface area contributed by atoms with Crippen molar-refractivity contribution in [3.63, 3.8) is 0 Å². The lowest BCUT2D eigenvalue weighted by Gasteiger charge is -2.29. The fourth-order valence-corrected chi connectivity index (χ4v) is 3.29. The van der Waals surface area contributed by atoms with E-state index in [1.54, 1.807) is 0 Å². The van der Waals surface area contributed by atoms with Gasteiger partial charge in [-0.2, -0.15) is 8.42 Å². The minimum absolute atomic E-state index is 0.132. The number of rotatable bonds is 6. The summed E-state index contributed by atoms with van der Waals surface area (Å²) in [6.45, 7) is 4.76. The first-order chi connectivity index (χ1) is 7.89. The lowest BCUT2D eigenvalue weighted by atomic mass is 9.96. The fraction of sp³-hybridized carbons (Fsp3) is 0.727. The van der Waals surface area contributed by atoms with Crippen LogP contribution < -0.4 is 0 Å². The van der Waals surface area contributed by atoms with E-state index in [1.807, 2.05) is 0 Å². The van der Waals surface area contributed by atoms with Crippen molar-refractivity contribution in [2.24, 2.45) is 5.92 Å². The van der Waals surface area contributed by atoms with E-state index >= 15 is 0 Å². The first-order valence-electron chi connectivity index (χ1n) is 5.69. The topological polar surface area (TPSA) is 80.7 Å². The van der Waals surface area contributed by atoms with Gasteiger partial charge in [0.2, 0.25) is 0 Å². The SMILES string of the molecule is C=COC(CC)(C(=O)C1CCCC1)S(=O)(=O)O. The van der Waals surface area contributed by atoms with Gasteiger partial charge in [0.25, 0.3) is 4.93 Å². The molecule has 0 aromatic rings. The van der Waals surface area contributed by atoms with E-state index in [9.17, 15) is 17.8 Å². The largest absolute Gasteiger partial charge is 0.470 e. The van der Waals surface area contributed by atoms with Crippen LogP contribution in [0.2, 0.25) is 0 Å². The molecule has 6 heteroatoms. The van der Waals surface area contributed by atoms with E-state index in [0.717, 1.165) is 19.1 Å². The Morgan fingerprint density at radius 2 is 2.06 bits per heavy atom. The van der Waals surface area contributed by atoms with Gasteiger partial charge in [-0.05, 0) is 12.8 Å². The lowest BCUT2D eigenvalue weighted by molar-refractivity contribution is -0.135. The van der Waals surface area contributed by atoms with Gasteiger partial charge in [-0.15, -0.1) is 0 Å². The second kappa shape index (κ2) is 5.18.